The number of pyridine rings is 1. The van der Waals surface area contributed by atoms with Crippen LogP contribution in [0.2, 0.25) is 0 Å². The lowest BCUT2D eigenvalue weighted by Gasteiger charge is -2.40. The first kappa shape index (κ1) is 20.9. The Bertz CT molecular complexity index is 904. The maximum Gasteiger partial charge on any atom is 0.417 e. The summed E-state index contributed by atoms with van der Waals surface area (Å²) in [5.41, 5.74) is -0.389. The Morgan fingerprint density at radius 1 is 1.10 bits per heavy atom. The predicted octanol–water partition coefficient (Wildman–Crippen LogP) is 2.52. The highest BCUT2D eigenvalue weighted by Crippen LogP contribution is 2.31. The maximum absolute atomic E-state index is 13.1. The van der Waals surface area contributed by atoms with Gasteiger partial charge in [0.25, 0.3) is 0 Å². The molecule has 0 spiro atoms. The van der Waals surface area contributed by atoms with Gasteiger partial charge in [0.2, 0.25) is 11.9 Å². The van der Waals surface area contributed by atoms with E-state index in [1.54, 1.807) is 0 Å². The zero-order valence-corrected chi connectivity index (χ0v) is 17.3. The Labute approximate surface area is 173 Å². The van der Waals surface area contributed by atoms with Crippen molar-refractivity contribution < 1.29 is 18.0 Å². The highest BCUT2D eigenvalue weighted by Gasteiger charge is 2.34. The molecule has 10 heteroatoms. The number of fused-ring (bicyclic) bond motifs is 1. The molecule has 2 aromatic rings. The number of nitrogens with zero attached hydrogens (tertiary/aromatic N) is 6. The normalized spacial score (nSPS) is 21.6. The molecule has 1 unspecified atom stereocenters. The number of hydrogen-bond donors (Lipinski definition) is 0. The summed E-state index contributed by atoms with van der Waals surface area (Å²) in [6.45, 7) is 8.58. The second-order valence-corrected chi connectivity index (χ2v) is 8.38. The molecule has 2 fully saturated rings. The van der Waals surface area contributed by atoms with Gasteiger partial charge in [0.1, 0.15) is 0 Å². The number of amides is 1. The smallest absolute Gasteiger partial charge is 0.340 e. The van der Waals surface area contributed by atoms with Crippen molar-refractivity contribution in [3.63, 3.8) is 0 Å². The van der Waals surface area contributed by atoms with Crippen LogP contribution < -0.4 is 4.90 Å². The fraction of sp³-hybridized carbons (Fsp3) is 0.650. The highest BCUT2D eigenvalue weighted by molar-refractivity contribution is 5.80. The largest absolute Gasteiger partial charge is 0.417 e. The first-order valence-electron chi connectivity index (χ1n) is 10.4. The van der Waals surface area contributed by atoms with E-state index < -0.39 is 11.7 Å². The second-order valence-electron chi connectivity index (χ2n) is 8.38. The molecule has 0 saturated carbocycles. The van der Waals surface area contributed by atoms with E-state index in [0.717, 1.165) is 51.3 Å². The topological polar surface area (TPSA) is 57.0 Å². The van der Waals surface area contributed by atoms with Crippen LogP contribution in [0, 0.1) is 5.92 Å². The molecule has 164 valence electrons. The van der Waals surface area contributed by atoms with Crippen molar-refractivity contribution in [1.82, 2.24) is 24.4 Å². The summed E-state index contributed by atoms with van der Waals surface area (Å²) in [5.74, 6) is 0.314. The van der Waals surface area contributed by atoms with Gasteiger partial charge in [-0.15, -0.1) is 10.2 Å². The molecule has 1 atom stereocenters. The van der Waals surface area contributed by atoms with Gasteiger partial charge in [-0.2, -0.15) is 13.2 Å². The van der Waals surface area contributed by atoms with Gasteiger partial charge < -0.3 is 9.80 Å². The Morgan fingerprint density at radius 3 is 2.50 bits per heavy atom. The lowest BCUT2D eigenvalue weighted by Crippen LogP contribution is -2.53. The van der Waals surface area contributed by atoms with Crippen LogP contribution in [0.15, 0.2) is 18.3 Å². The molecule has 4 rings (SSSR count). The summed E-state index contributed by atoms with van der Waals surface area (Å²) in [4.78, 5) is 19.3. The number of halogens is 3. The van der Waals surface area contributed by atoms with Gasteiger partial charge in [-0.25, -0.2) is 0 Å². The van der Waals surface area contributed by atoms with E-state index in [-0.39, 0.29) is 11.8 Å². The van der Waals surface area contributed by atoms with Gasteiger partial charge in [-0.05, 0) is 38.8 Å². The third-order valence-corrected chi connectivity index (χ3v) is 6.12. The van der Waals surface area contributed by atoms with Crippen LogP contribution >= 0.6 is 0 Å². The van der Waals surface area contributed by atoms with Crippen molar-refractivity contribution in [1.29, 1.82) is 0 Å². The number of piperidine rings is 1. The molecule has 2 aliphatic rings. The molecule has 1 amide bonds. The molecule has 0 aliphatic carbocycles. The molecule has 2 aromatic heterocycles. The number of carbonyl (C=O) groups is 1. The van der Waals surface area contributed by atoms with Gasteiger partial charge in [0.15, 0.2) is 5.65 Å². The number of hydrogen-bond acceptors (Lipinski definition) is 5. The van der Waals surface area contributed by atoms with Crippen molar-refractivity contribution in [2.75, 3.05) is 44.2 Å². The summed E-state index contributed by atoms with van der Waals surface area (Å²) in [7, 11) is 0. The van der Waals surface area contributed by atoms with E-state index in [9.17, 15) is 18.0 Å². The average molecular weight is 424 g/mol. The minimum absolute atomic E-state index is 0.132. The zero-order valence-electron chi connectivity index (χ0n) is 17.3. The third kappa shape index (κ3) is 4.10. The minimum atomic E-state index is -4.44. The van der Waals surface area contributed by atoms with Crippen LogP contribution in [0.1, 0.15) is 32.3 Å². The Hall–Kier alpha value is -2.36. The van der Waals surface area contributed by atoms with Gasteiger partial charge >= 0.3 is 6.18 Å². The quantitative estimate of drug-likeness (QED) is 0.758. The summed E-state index contributed by atoms with van der Waals surface area (Å²) >= 11 is 0. The van der Waals surface area contributed by atoms with Gasteiger partial charge in [0.05, 0.1) is 11.5 Å². The molecule has 2 aliphatic heterocycles. The molecule has 2 saturated heterocycles. The molecule has 0 bridgehead atoms. The molecule has 0 N–H and O–H groups in total. The number of carbonyl (C=O) groups excluding carboxylic acids is 1. The molecule has 0 radical (unpaired) electrons. The number of piperazine rings is 1. The highest BCUT2D eigenvalue weighted by atomic mass is 19.4. The molecular weight excluding hydrogens is 397 g/mol. The van der Waals surface area contributed by atoms with Crippen molar-refractivity contribution in [3.8, 4) is 0 Å². The van der Waals surface area contributed by atoms with Crippen LogP contribution in [-0.4, -0.2) is 75.6 Å². The Kier molecular flexibility index (Phi) is 5.61. The minimum Gasteiger partial charge on any atom is -0.340 e. The Balaban J connectivity index is 1.48. The van der Waals surface area contributed by atoms with Gasteiger partial charge in [0, 0.05) is 51.5 Å². The van der Waals surface area contributed by atoms with Crippen LogP contribution in [0.25, 0.3) is 5.65 Å². The van der Waals surface area contributed by atoms with E-state index in [1.165, 1.54) is 10.5 Å². The fourth-order valence-electron chi connectivity index (χ4n) is 4.34. The van der Waals surface area contributed by atoms with Crippen molar-refractivity contribution >= 4 is 17.5 Å². The SMILES string of the molecule is CC(C)N1CCN(C(=O)C2CCCN(c3nnc4ccc(C(F)(F)F)cn34)C2)CC1. The van der Waals surface area contributed by atoms with E-state index in [0.29, 0.717) is 30.7 Å². The fourth-order valence-corrected chi connectivity index (χ4v) is 4.34. The summed E-state index contributed by atoms with van der Waals surface area (Å²) in [5, 5.41) is 8.12. The lowest BCUT2D eigenvalue weighted by atomic mass is 9.96. The van der Waals surface area contributed by atoms with Crippen LogP contribution in [0.5, 0.6) is 0 Å². The molecule has 0 aromatic carbocycles. The molecule has 4 heterocycles. The van der Waals surface area contributed by atoms with Crippen LogP contribution in [-0.2, 0) is 11.0 Å². The van der Waals surface area contributed by atoms with Crippen LogP contribution in [0.4, 0.5) is 19.1 Å². The van der Waals surface area contributed by atoms with E-state index in [1.807, 2.05) is 9.80 Å². The van der Waals surface area contributed by atoms with Gasteiger partial charge in [-0.3, -0.25) is 14.1 Å². The van der Waals surface area contributed by atoms with Gasteiger partial charge in [-0.1, -0.05) is 0 Å². The number of aromatic nitrogens is 3. The maximum atomic E-state index is 13.1. The predicted molar refractivity (Wildman–Crippen MR) is 106 cm³/mol. The first-order chi connectivity index (χ1) is 14.2. The Morgan fingerprint density at radius 2 is 1.83 bits per heavy atom. The summed E-state index contributed by atoms with van der Waals surface area (Å²) < 4.78 is 40.7. The standard InChI is InChI=1S/C20H27F3N6O/c1-14(2)26-8-10-27(11-9-26)18(30)15-4-3-7-28(12-15)19-25-24-17-6-5-16(13-29(17)19)20(21,22)23/h5-6,13-15H,3-4,7-12H2,1-2H3. The summed E-state index contributed by atoms with van der Waals surface area (Å²) in [6, 6.07) is 2.79. The monoisotopic (exact) mass is 424 g/mol. The molecule has 30 heavy (non-hydrogen) atoms. The van der Waals surface area contributed by atoms with Crippen molar-refractivity contribution in [3.05, 3.63) is 23.9 Å². The van der Waals surface area contributed by atoms with Crippen molar-refractivity contribution in [2.45, 2.75) is 38.9 Å². The number of rotatable bonds is 3. The van der Waals surface area contributed by atoms with Crippen LogP contribution in [0.3, 0.4) is 0 Å². The van der Waals surface area contributed by atoms with E-state index in [2.05, 4.69) is 28.9 Å². The number of alkyl halides is 3. The third-order valence-electron chi connectivity index (χ3n) is 6.12. The van der Waals surface area contributed by atoms with E-state index in [4.69, 9.17) is 0 Å². The van der Waals surface area contributed by atoms with E-state index >= 15 is 0 Å². The first-order valence-corrected chi connectivity index (χ1v) is 10.4. The summed E-state index contributed by atoms with van der Waals surface area (Å²) in [6.07, 6.45) is -1.84. The van der Waals surface area contributed by atoms with Crippen molar-refractivity contribution in [2.24, 2.45) is 5.92 Å². The lowest BCUT2D eigenvalue weighted by molar-refractivity contribution is -0.138. The second kappa shape index (κ2) is 8.05. The molecule has 7 nitrogen and oxygen atoms in total. The number of anilines is 1. The molecular formula is C20H27F3N6O. The average Bonchev–Trinajstić information content (AvgIpc) is 3.16. The zero-order chi connectivity index (χ0) is 21.5.